The molecule has 2 nitrogen and oxygen atoms in total. The lowest BCUT2D eigenvalue weighted by molar-refractivity contribution is 0.477. The monoisotopic (exact) mass is 754 g/mol. The fourth-order valence-electron chi connectivity index (χ4n) is 9.28. The normalized spacial score (nSPS) is 13.9. The number of fused-ring (bicyclic) bond motifs is 8. The van der Waals surface area contributed by atoms with Gasteiger partial charge in [0.15, 0.2) is 20.9 Å². The number of thiophene rings is 1. The predicted octanol–water partition coefficient (Wildman–Crippen LogP) is 14.0. The second-order valence-corrected chi connectivity index (χ2v) is 22.0. The molecule has 2 aliphatic rings. The molecule has 3 heterocycles. The third-order valence-corrected chi connectivity index (χ3v) is 17.8. The average molecular weight is 755 g/mol. The first-order valence-electron chi connectivity index (χ1n) is 19.4. The molecule has 1 aromatic heterocycles. The van der Waals surface area contributed by atoms with Crippen molar-refractivity contribution in [3.63, 3.8) is 0 Å². The zero-order valence-electron chi connectivity index (χ0n) is 31.9. The number of hydrogen-bond donors (Lipinski definition) is 0. The van der Waals surface area contributed by atoms with Crippen molar-refractivity contribution in [1.29, 1.82) is 0 Å². The van der Waals surface area contributed by atoms with Crippen LogP contribution in [0.3, 0.4) is 0 Å². The van der Waals surface area contributed by atoms with Crippen molar-refractivity contribution in [2.75, 3.05) is 4.90 Å². The van der Waals surface area contributed by atoms with Gasteiger partial charge >= 0.3 is 0 Å². The van der Waals surface area contributed by atoms with Gasteiger partial charge in [-0.15, -0.1) is 0 Å². The summed E-state index contributed by atoms with van der Waals surface area (Å²) in [5.41, 5.74) is 14.5. The minimum atomic E-state index is -1.83. The molecule has 0 amide bonds. The van der Waals surface area contributed by atoms with Crippen LogP contribution in [0.4, 0.5) is 17.1 Å². The minimum Gasteiger partial charge on any atom is -0.453 e. The second-order valence-electron chi connectivity index (χ2n) is 15.8. The first-order chi connectivity index (χ1) is 27.3. The first-order valence-corrected chi connectivity index (χ1v) is 24.0. The van der Waals surface area contributed by atoms with Gasteiger partial charge in [0.2, 0.25) is 0 Å². The van der Waals surface area contributed by atoms with Gasteiger partial charge in [-0.3, -0.25) is 0 Å². The molecule has 1 atom stereocenters. The highest BCUT2D eigenvalue weighted by atomic mass is 32.2. The number of rotatable bonds is 4. The van der Waals surface area contributed by atoms with E-state index in [-0.39, 0.29) is 10.5 Å². The van der Waals surface area contributed by atoms with E-state index in [1.807, 2.05) is 0 Å². The standard InChI is InChI=1S/C52H40NOSSi/c1-33-28-35(34-12-6-5-7-13-34)20-25-44(33)53-45-29-36(38-18-23-41-40-14-8-10-16-49(40)55(2)50(41)31-38)21-26-47(45)54-48-27-22-37(30-46(48)53)39-19-24-43-42-15-9-11-17-51(42)56(3,4)52(43)32-39/h5-32H,1-4H3/q+1. The number of nitrogens with zero attached hydrogens (tertiary/aromatic N) is 1. The molecule has 1 unspecified atom stereocenters. The Labute approximate surface area is 331 Å². The topological polar surface area (TPSA) is 12.5 Å². The molecule has 0 bridgehead atoms. The highest BCUT2D eigenvalue weighted by Crippen LogP contribution is 2.53. The van der Waals surface area contributed by atoms with Crippen LogP contribution in [0.15, 0.2) is 170 Å². The third-order valence-electron chi connectivity index (χ3n) is 12.2. The molecule has 0 spiro atoms. The molecule has 0 radical (unpaired) electrons. The first kappa shape index (κ1) is 33.2. The van der Waals surface area contributed by atoms with E-state index in [4.69, 9.17) is 4.74 Å². The molecule has 56 heavy (non-hydrogen) atoms. The van der Waals surface area contributed by atoms with Gasteiger partial charge in [-0.25, -0.2) is 0 Å². The molecule has 9 aromatic rings. The molecule has 2 aliphatic heterocycles. The van der Waals surface area contributed by atoms with E-state index in [2.05, 4.69) is 201 Å². The van der Waals surface area contributed by atoms with Crippen LogP contribution < -0.4 is 20.0 Å². The fourth-order valence-corrected chi connectivity index (χ4v) is 14.2. The Morgan fingerprint density at radius 2 is 1.02 bits per heavy atom. The highest BCUT2D eigenvalue weighted by molar-refractivity contribution is 7.41. The predicted molar refractivity (Wildman–Crippen MR) is 243 cm³/mol. The summed E-state index contributed by atoms with van der Waals surface area (Å²) in [6, 6.07) is 63.0. The number of benzene rings is 8. The lowest BCUT2D eigenvalue weighted by Gasteiger charge is -2.34. The van der Waals surface area contributed by atoms with Gasteiger partial charge in [0.1, 0.15) is 14.3 Å². The van der Waals surface area contributed by atoms with Crippen LogP contribution >= 0.6 is 10.5 Å². The maximum absolute atomic E-state index is 6.79. The lowest BCUT2D eigenvalue weighted by Crippen LogP contribution is -2.49. The quantitative estimate of drug-likeness (QED) is 0.131. The number of aryl methyl sites for hydroxylation is 2. The maximum atomic E-state index is 6.79. The fraction of sp³-hybridized carbons (Fsp3) is 0.0769. The van der Waals surface area contributed by atoms with Gasteiger partial charge in [-0.2, -0.15) is 0 Å². The summed E-state index contributed by atoms with van der Waals surface area (Å²) in [4.78, 5) is 2.43. The summed E-state index contributed by atoms with van der Waals surface area (Å²) in [6.07, 6.45) is 2.36. The molecule has 0 fully saturated rings. The number of hydrogen-bond acceptors (Lipinski definition) is 2. The van der Waals surface area contributed by atoms with Crippen molar-refractivity contribution in [1.82, 2.24) is 0 Å². The van der Waals surface area contributed by atoms with Crippen LogP contribution in [-0.2, 0) is 6.26 Å². The maximum Gasteiger partial charge on any atom is 0.182 e. The van der Waals surface area contributed by atoms with Crippen LogP contribution in [0.2, 0.25) is 13.1 Å². The van der Waals surface area contributed by atoms with E-state index in [1.54, 1.807) is 0 Å². The van der Waals surface area contributed by atoms with Crippen LogP contribution in [0.1, 0.15) is 5.56 Å². The highest BCUT2D eigenvalue weighted by Gasteiger charge is 2.37. The average Bonchev–Trinajstić information content (AvgIpc) is 3.65. The van der Waals surface area contributed by atoms with E-state index < -0.39 is 8.07 Å². The molecular weight excluding hydrogens is 715 g/mol. The smallest absolute Gasteiger partial charge is 0.182 e. The number of anilines is 3. The van der Waals surface area contributed by atoms with E-state index in [1.165, 1.54) is 80.6 Å². The van der Waals surface area contributed by atoms with E-state index in [0.29, 0.717) is 0 Å². The van der Waals surface area contributed by atoms with Crippen molar-refractivity contribution < 1.29 is 4.74 Å². The molecule has 268 valence electrons. The summed E-state index contributed by atoms with van der Waals surface area (Å²) in [5, 5.41) is 5.76. The van der Waals surface area contributed by atoms with Gasteiger partial charge < -0.3 is 9.64 Å². The van der Waals surface area contributed by atoms with Crippen molar-refractivity contribution in [3.8, 4) is 56.0 Å². The van der Waals surface area contributed by atoms with Crippen LogP contribution in [0.25, 0.3) is 64.7 Å². The van der Waals surface area contributed by atoms with Gasteiger partial charge in [-0.1, -0.05) is 122 Å². The zero-order chi connectivity index (χ0) is 37.7. The van der Waals surface area contributed by atoms with Crippen LogP contribution in [0, 0.1) is 6.92 Å². The van der Waals surface area contributed by atoms with Gasteiger partial charge in [0.05, 0.1) is 11.4 Å². The van der Waals surface area contributed by atoms with Crippen LogP contribution in [0.5, 0.6) is 11.5 Å². The Morgan fingerprint density at radius 1 is 0.446 bits per heavy atom. The van der Waals surface area contributed by atoms with E-state index >= 15 is 0 Å². The Hall–Kier alpha value is -6.20. The minimum absolute atomic E-state index is 0.0333. The summed E-state index contributed by atoms with van der Waals surface area (Å²) >= 11 is 0. The molecule has 0 N–H and O–H groups in total. The molecule has 4 heteroatoms. The molecule has 8 aromatic carbocycles. The van der Waals surface area contributed by atoms with Crippen molar-refractivity contribution in [2.45, 2.75) is 20.0 Å². The summed E-state index contributed by atoms with van der Waals surface area (Å²) in [7, 11) is -1.80. The molecule has 11 rings (SSSR count). The Bertz CT molecular complexity index is 3070. The molecular formula is C52H40NOSSi+. The Kier molecular flexibility index (Phi) is 7.35. The Balaban J connectivity index is 1.07. The molecule has 0 aliphatic carbocycles. The summed E-state index contributed by atoms with van der Waals surface area (Å²) < 4.78 is 9.65. The largest absolute Gasteiger partial charge is 0.453 e. The second kappa shape index (κ2) is 12.4. The third kappa shape index (κ3) is 4.99. The van der Waals surface area contributed by atoms with Gasteiger partial charge in [0.25, 0.3) is 0 Å². The van der Waals surface area contributed by atoms with Crippen LogP contribution in [-0.4, -0.2) is 8.07 Å². The van der Waals surface area contributed by atoms with E-state index in [0.717, 1.165) is 28.6 Å². The lowest BCUT2D eigenvalue weighted by atomic mass is 9.97. The van der Waals surface area contributed by atoms with Crippen molar-refractivity contribution in [2.24, 2.45) is 6.26 Å². The summed E-state index contributed by atoms with van der Waals surface area (Å²) in [6.45, 7) is 7.21. The number of ether oxygens (including phenoxy) is 1. The SMILES string of the molecule is Cc1cc(-c2ccccc2)ccc1N1c2cc(-c3ccc4c(c3)[Si](C)(C)c3ccccc3-4)ccc2Oc2ccc(-c3ccc4c5ccccc5[s+](C)c4c3)cc21. The molecule has 0 saturated heterocycles. The Morgan fingerprint density at radius 3 is 1.79 bits per heavy atom. The zero-order valence-corrected chi connectivity index (χ0v) is 33.7. The van der Waals surface area contributed by atoms with Gasteiger partial charge in [0, 0.05) is 22.5 Å². The van der Waals surface area contributed by atoms with E-state index in [9.17, 15) is 0 Å². The van der Waals surface area contributed by atoms with Crippen molar-refractivity contribution in [3.05, 3.63) is 175 Å². The van der Waals surface area contributed by atoms with Crippen molar-refractivity contribution >= 4 is 66.2 Å². The molecule has 0 saturated carbocycles. The summed E-state index contributed by atoms with van der Waals surface area (Å²) in [5.74, 6) is 1.71. The van der Waals surface area contributed by atoms with Gasteiger partial charge in [-0.05, 0) is 132 Å².